The lowest BCUT2D eigenvalue weighted by Gasteiger charge is -2.23. The van der Waals surface area contributed by atoms with Gasteiger partial charge < -0.3 is 10.6 Å². The summed E-state index contributed by atoms with van der Waals surface area (Å²) in [6.07, 6.45) is 5.05. The quantitative estimate of drug-likeness (QED) is 0.210. The highest BCUT2D eigenvalue weighted by Gasteiger charge is 2.23. The van der Waals surface area contributed by atoms with E-state index in [-0.39, 0.29) is 5.41 Å². The van der Waals surface area contributed by atoms with Crippen molar-refractivity contribution in [1.82, 2.24) is 25.0 Å². The van der Waals surface area contributed by atoms with Crippen molar-refractivity contribution >= 4 is 44.8 Å². The van der Waals surface area contributed by atoms with Crippen LogP contribution in [0.3, 0.4) is 0 Å². The predicted octanol–water partition coefficient (Wildman–Crippen LogP) is 7.09. The van der Waals surface area contributed by atoms with Crippen molar-refractivity contribution in [2.45, 2.75) is 39.8 Å². The Hall–Kier alpha value is -4.29. The van der Waals surface area contributed by atoms with Gasteiger partial charge in [0, 0.05) is 35.4 Å². The van der Waals surface area contributed by atoms with Crippen LogP contribution in [-0.2, 0) is 0 Å². The first kappa shape index (κ1) is 27.3. The number of hydrogen-bond acceptors (Lipinski definition) is 7. The Morgan fingerprint density at radius 2 is 1.95 bits per heavy atom. The average Bonchev–Trinajstić information content (AvgIpc) is 3.43. The standard InChI is InChI=1S/C30H30ClFN8/c1-18(13-32)40-16-26(38-39-40)29(22-7-5-9-25-21(22)8-6-10-34-25)37-20-11-23-27(36-17-30(2,3)4)19(14-33)15-35-28(23)24(31)12-20/h5-12,15-16,18,29,37H,13,17H2,1-4H3,(H,35,36)/t18-,29-/m0/s1. The molecular weight excluding hydrogens is 527 g/mol. The predicted molar refractivity (Wildman–Crippen MR) is 157 cm³/mol. The van der Waals surface area contributed by atoms with Crippen molar-refractivity contribution in [3.63, 3.8) is 0 Å². The number of hydrogen-bond donors (Lipinski definition) is 2. The van der Waals surface area contributed by atoms with Crippen LogP contribution in [0.1, 0.15) is 56.6 Å². The second-order valence-corrected chi connectivity index (χ2v) is 11.5. The molecule has 3 aromatic heterocycles. The van der Waals surface area contributed by atoms with Gasteiger partial charge in [-0.2, -0.15) is 5.26 Å². The van der Waals surface area contributed by atoms with Gasteiger partial charge >= 0.3 is 0 Å². The second-order valence-electron chi connectivity index (χ2n) is 11.0. The molecule has 8 nitrogen and oxygen atoms in total. The molecule has 5 aromatic rings. The normalized spacial score (nSPS) is 13.2. The smallest absolute Gasteiger partial charge is 0.112 e. The molecule has 0 fully saturated rings. The summed E-state index contributed by atoms with van der Waals surface area (Å²) in [5.74, 6) is 0. The molecule has 0 aliphatic carbocycles. The highest BCUT2D eigenvalue weighted by Crippen LogP contribution is 2.37. The maximum Gasteiger partial charge on any atom is 0.112 e. The molecule has 0 radical (unpaired) electrons. The molecule has 0 saturated heterocycles. The van der Waals surface area contributed by atoms with Crippen LogP contribution in [-0.4, -0.2) is 38.2 Å². The maximum absolute atomic E-state index is 13.4. The first-order valence-corrected chi connectivity index (χ1v) is 13.4. The van der Waals surface area contributed by atoms with Crippen LogP contribution in [0.4, 0.5) is 15.8 Å². The van der Waals surface area contributed by atoms with Gasteiger partial charge in [-0.05, 0) is 42.2 Å². The molecule has 0 amide bonds. The van der Waals surface area contributed by atoms with E-state index in [1.165, 1.54) is 4.68 Å². The highest BCUT2D eigenvalue weighted by molar-refractivity contribution is 6.35. The third-order valence-corrected chi connectivity index (χ3v) is 6.93. The Bertz CT molecular complexity index is 1710. The summed E-state index contributed by atoms with van der Waals surface area (Å²) in [6.45, 7) is 8.20. The molecule has 2 aromatic carbocycles. The van der Waals surface area contributed by atoms with Crippen molar-refractivity contribution < 1.29 is 4.39 Å². The fraction of sp³-hybridized carbons (Fsp3) is 0.300. The number of fused-ring (bicyclic) bond motifs is 2. The van der Waals surface area contributed by atoms with Crippen molar-refractivity contribution in [2.75, 3.05) is 23.9 Å². The van der Waals surface area contributed by atoms with E-state index in [0.717, 1.165) is 21.9 Å². The third-order valence-electron chi connectivity index (χ3n) is 6.64. The summed E-state index contributed by atoms with van der Waals surface area (Å²) >= 11 is 6.76. The number of nitriles is 1. The van der Waals surface area contributed by atoms with Gasteiger partial charge in [-0.3, -0.25) is 9.97 Å². The minimum absolute atomic E-state index is 0.0158. The third kappa shape index (κ3) is 5.54. The van der Waals surface area contributed by atoms with E-state index < -0.39 is 18.8 Å². The number of nitrogens with one attached hydrogen (secondary N) is 2. The zero-order valence-corrected chi connectivity index (χ0v) is 23.5. The summed E-state index contributed by atoms with van der Waals surface area (Å²) in [6, 6.07) is 14.9. The van der Waals surface area contributed by atoms with Crippen molar-refractivity contribution in [2.24, 2.45) is 5.41 Å². The van der Waals surface area contributed by atoms with Gasteiger partial charge in [0.15, 0.2) is 0 Å². The zero-order chi connectivity index (χ0) is 28.4. The lowest BCUT2D eigenvalue weighted by Crippen LogP contribution is -2.20. The summed E-state index contributed by atoms with van der Waals surface area (Å²) in [7, 11) is 0. The Kier molecular flexibility index (Phi) is 7.55. The van der Waals surface area contributed by atoms with Crippen molar-refractivity contribution in [1.29, 1.82) is 5.26 Å². The summed E-state index contributed by atoms with van der Waals surface area (Å²) in [4.78, 5) is 8.99. The number of aromatic nitrogens is 5. The average molecular weight is 557 g/mol. The number of alkyl halides is 1. The molecule has 0 aliphatic heterocycles. The van der Waals surface area contributed by atoms with Crippen LogP contribution in [0.25, 0.3) is 21.8 Å². The molecule has 0 bridgehead atoms. The summed E-state index contributed by atoms with van der Waals surface area (Å²) in [5.41, 5.74) is 4.77. The fourth-order valence-corrected chi connectivity index (χ4v) is 4.81. The van der Waals surface area contributed by atoms with Crippen LogP contribution in [0.15, 0.2) is 61.1 Å². The van der Waals surface area contributed by atoms with Crippen LogP contribution in [0.2, 0.25) is 5.02 Å². The van der Waals surface area contributed by atoms with Crippen LogP contribution < -0.4 is 10.6 Å². The van der Waals surface area contributed by atoms with Gasteiger partial charge in [-0.15, -0.1) is 5.10 Å². The second kappa shape index (κ2) is 11.1. The van der Waals surface area contributed by atoms with E-state index in [1.807, 2.05) is 42.5 Å². The van der Waals surface area contributed by atoms with E-state index in [2.05, 4.69) is 57.8 Å². The molecule has 2 atom stereocenters. The van der Waals surface area contributed by atoms with Crippen LogP contribution in [0, 0.1) is 16.7 Å². The number of pyridine rings is 2. The molecule has 5 rings (SSSR count). The molecular formula is C30H30ClFN8. The highest BCUT2D eigenvalue weighted by atomic mass is 35.5. The molecule has 0 aliphatic rings. The molecule has 0 unspecified atom stereocenters. The summed E-state index contributed by atoms with van der Waals surface area (Å²) < 4.78 is 15.0. The van der Waals surface area contributed by atoms with Crippen LogP contribution in [0.5, 0.6) is 0 Å². The number of benzene rings is 2. The van der Waals surface area contributed by atoms with E-state index in [1.54, 1.807) is 25.5 Å². The largest absolute Gasteiger partial charge is 0.383 e. The van der Waals surface area contributed by atoms with Gasteiger partial charge in [0.1, 0.15) is 18.4 Å². The Morgan fingerprint density at radius 1 is 1.12 bits per heavy atom. The molecule has 204 valence electrons. The summed E-state index contributed by atoms with van der Waals surface area (Å²) in [5, 5.41) is 27.6. The minimum atomic E-state index is -0.558. The maximum atomic E-state index is 13.4. The zero-order valence-electron chi connectivity index (χ0n) is 22.8. The Labute approximate surface area is 237 Å². The fourth-order valence-electron chi connectivity index (χ4n) is 4.54. The number of rotatable bonds is 8. The molecule has 2 N–H and O–H groups in total. The lowest BCUT2D eigenvalue weighted by molar-refractivity contribution is 0.351. The first-order chi connectivity index (χ1) is 19.2. The van der Waals surface area contributed by atoms with E-state index >= 15 is 0 Å². The minimum Gasteiger partial charge on any atom is -0.383 e. The Morgan fingerprint density at radius 3 is 2.70 bits per heavy atom. The van der Waals surface area contributed by atoms with E-state index in [0.29, 0.717) is 39.7 Å². The van der Waals surface area contributed by atoms with Gasteiger partial charge in [-0.25, -0.2) is 9.07 Å². The molecule has 0 spiro atoms. The lowest BCUT2D eigenvalue weighted by atomic mass is 9.96. The van der Waals surface area contributed by atoms with Gasteiger partial charge in [0.2, 0.25) is 0 Å². The Balaban J connectivity index is 1.65. The molecule has 10 heteroatoms. The van der Waals surface area contributed by atoms with Crippen LogP contribution >= 0.6 is 11.6 Å². The van der Waals surface area contributed by atoms with Gasteiger partial charge in [0.05, 0.1) is 45.6 Å². The number of halogens is 2. The van der Waals surface area contributed by atoms with Crippen molar-refractivity contribution in [3.05, 3.63) is 82.9 Å². The molecule has 40 heavy (non-hydrogen) atoms. The topological polar surface area (TPSA) is 104 Å². The number of anilines is 2. The monoisotopic (exact) mass is 556 g/mol. The van der Waals surface area contributed by atoms with E-state index in [4.69, 9.17) is 11.6 Å². The number of nitrogens with zero attached hydrogens (tertiary/aromatic N) is 6. The molecule has 3 heterocycles. The van der Waals surface area contributed by atoms with Gasteiger partial charge in [0.25, 0.3) is 0 Å². The van der Waals surface area contributed by atoms with E-state index in [9.17, 15) is 9.65 Å². The van der Waals surface area contributed by atoms with Gasteiger partial charge in [-0.1, -0.05) is 55.8 Å². The molecule has 0 saturated carbocycles. The SMILES string of the molecule is C[C@@H](CF)n1cc([C@@H](Nc2cc(Cl)c3ncc(C#N)c(NCC(C)(C)C)c3c2)c2cccc3ncccc23)nn1. The van der Waals surface area contributed by atoms with Crippen molar-refractivity contribution in [3.8, 4) is 6.07 Å². The first-order valence-electron chi connectivity index (χ1n) is 13.0.